The van der Waals surface area contributed by atoms with E-state index in [0.717, 1.165) is 0 Å². The summed E-state index contributed by atoms with van der Waals surface area (Å²) in [4.78, 5) is 34.9. The summed E-state index contributed by atoms with van der Waals surface area (Å²) < 4.78 is 25.8. The summed E-state index contributed by atoms with van der Waals surface area (Å²) in [6.07, 6.45) is 2.70. The van der Waals surface area contributed by atoms with Crippen molar-refractivity contribution < 1.29 is 23.5 Å². The molecule has 3 aromatic rings. The molecule has 0 spiro atoms. The number of amides is 2. The first-order valence-corrected chi connectivity index (χ1v) is 12.4. The molecule has 0 fully saturated rings. The zero-order chi connectivity index (χ0) is 27.4. The number of ether oxygens (including phenoxy) is 2. The first-order chi connectivity index (χ1) is 18.0. The molecule has 1 aromatic carbocycles. The molecular weight excluding hydrogens is 513 g/mol. The van der Waals surface area contributed by atoms with E-state index in [1.165, 1.54) is 29.3 Å². The lowest BCUT2D eigenvalue weighted by atomic mass is 10.0. The van der Waals surface area contributed by atoms with Crippen LogP contribution in [0.4, 0.5) is 20.7 Å². The molecule has 9 nitrogen and oxygen atoms in total. The maximum atomic E-state index is 14.6. The Hall–Kier alpha value is -3.92. The van der Waals surface area contributed by atoms with Crippen LogP contribution in [0.3, 0.4) is 0 Å². The molecule has 3 heterocycles. The van der Waals surface area contributed by atoms with E-state index in [1.54, 1.807) is 46.1 Å². The highest BCUT2D eigenvalue weighted by molar-refractivity contribution is 6.30. The lowest BCUT2D eigenvalue weighted by Crippen LogP contribution is -2.35. The number of fused-ring (bicyclic) bond motifs is 1. The molecule has 0 unspecified atom stereocenters. The average molecular weight is 542 g/mol. The normalized spacial score (nSPS) is 12.6. The highest BCUT2D eigenvalue weighted by atomic mass is 35.5. The number of aromatic nitrogens is 2. The number of hydrogen-bond acceptors (Lipinski definition) is 7. The van der Waals surface area contributed by atoms with Gasteiger partial charge in [0, 0.05) is 47.9 Å². The predicted molar refractivity (Wildman–Crippen MR) is 144 cm³/mol. The highest BCUT2D eigenvalue weighted by Gasteiger charge is 2.22. The number of carbonyl (C=O) groups excluding carboxylic acids is 2. The number of nitrogens with zero attached hydrogens (tertiary/aromatic N) is 3. The first-order valence-electron chi connectivity index (χ1n) is 12.1. The maximum Gasteiger partial charge on any atom is 0.410 e. The molecule has 0 saturated carbocycles. The van der Waals surface area contributed by atoms with Crippen molar-refractivity contribution >= 4 is 35.1 Å². The largest absolute Gasteiger partial charge is 0.487 e. The van der Waals surface area contributed by atoms with Gasteiger partial charge in [0.05, 0.1) is 24.1 Å². The van der Waals surface area contributed by atoms with E-state index in [0.29, 0.717) is 52.2 Å². The van der Waals surface area contributed by atoms with E-state index < -0.39 is 17.5 Å². The minimum Gasteiger partial charge on any atom is -0.487 e. The van der Waals surface area contributed by atoms with Crippen LogP contribution in [-0.4, -0.2) is 59.2 Å². The van der Waals surface area contributed by atoms with Crippen LogP contribution in [0.25, 0.3) is 22.4 Å². The van der Waals surface area contributed by atoms with Gasteiger partial charge in [0.15, 0.2) is 11.6 Å². The molecule has 1 aliphatic rings. The first kappa shape index (κ1) is 27.1. The Balaban J connectivity index is 1.55. The van der Waals surface area contributed by atoms with Crippen molar-refractivity contribution in [2.75, 3.05) is 37.4 Å². The van der Waals surface area contributed by atoms with Gasteiger partial charge in [0.1, 0.15) is 18.0 Å². The molecule has 38 heavy (non-hydrogen) atoms. The zero-order valence-corrected chi connectivity index (χ0v) is 22.4. The van der Waals surface area contributed by atoms with Crippen LogP contribution in [0.15, 0.2) is 42.7 Å². The van der Waals surface area contributed by atoms with E-state index in [9.17, 15) is 14.0 Å². The van der Waals surface area contributed by atoms with Crippen molar-refractivity contribution in [2.24, 2.45) is 0 Å². The van der Waals surface area contributed by atoms with Crippen LogP contribution in [0.2, 0.25) is 5.02 Å². The van der Waals surface area contributed by atoms with Crippen LogP contribution < -0.4 is 15.4 Å². The minimum atomic E-state index is -0.622. The van der Waals surface area contributed by atoms with Gasteiger partial charge in [-0.2, -0.15) is 0 Å². The molecule has 0 saturated heterocycles. The highest BCUT2D eigenvalue weighted by Crippen LogP contribution is 2.41. The van der Waals surface area contributed by atoms with Crippen molar-refractivity contribution in [3.63, 3.8) is 0 Å². The van der Waals surface area contributed by atoms with Crippen LogP contribution in [-0.2, 0) is 9.53 Å². The molecule has 2 aromatic heterocycles. The second-order valence-electron chi connectivity index (χ2n) is 9.79. The molecule has 11 heteroatoms. The van der Waals surface area contributed by atoms with E-state index in [4.69, 9.17) is 21.1 Å². The molecule has 4 rings (SSSR count). The average Bonchev–Trinajstić information content (AvgIpc) is 2.87. The van der Waals surface area contributed by atoms with Crippen LogP contribution in [0.1, 0.15) is 27.2 Å². The number of pyridine rings is 2. The zero-order valence-electron chi connectivity index (χ0n) is 21.6. The molecule has 0 atom stereocenters. The molecule has 0 bridgehead atoms. The number of rotatable bonds is 6. The third-order valence-corrected chi connectivity index (χ3v) is 5.77. The lowest BCUT2D eigenvalue weighted by molar-refractivity contribution is -0.116. The van der Waals surface area contributed by atoms with E-state index in [-0.39, 0.29) is 24.4 Å². The van der Waals surface area contributed by atoms with Gasteiger partial charge in [-0.25, -0.2) is 14.2 Å². The topological polar surface area (TPSA) is 106 Å². The summed E-state index contributed by atoms with van der Waals surface area (Å²) in [5.41, 5.74) is 1.72. The van der Waals surface area contributed by atoms with Crippen molar-refractivity contribution in [2.45, 2.75) is 32.8 Å². The Labute approximate surface area is 225 Å². The Kier molecular flexibility index (Phi) is 8.01. The summed E-state index contributed by atoms with van der Waals surface area (Å²) in [5, 5.41) is 6.38. The molecule has 200 valence electrons. The molecule has 0 aliphatic carbocycles. The molecule has 2 amide bonds. The number of halogens is 2. The monoisotopic (exact) mass is 541 g/mol. The smallest absolute Gasteiger partial charge is 0.410 e. The summed E-state index contributed by atoms with van der Waals surface area (Å²) in [7, 11) is 1.57. The van der Waals surface area contributed by atoms with Gasteiger partial charge in [-0.3, -0.25) is 9.78 Å². The van der Waals surface area contributed by atoms with Gasteiger partial charge in [0.2, 0.25) is 5.91 Å². The summed E-state index contributed by atoms with van der Waals surface area (Å²) in [5.74, 6) is 0.227. The Morgan fingerprint density at radius 2 is 2.00 bits per heavy atom. The van der Waals surface area contributed by atoms with Gasteiger partial charge < -0.3 is 25.0 Å². The number of hydrogen-bond donors (Lipinski definition) is 2. The minimum absolute atomic E-state index is 0.0653. The van der Waals surface area contributed by atoms with Gasteiger partial charge >= 0.3 is 6.09 Å². The molecule has 0 radical (unpaired) electrons. The Morgan fingerprint density at radius 1 is 1.21 bits per heavy atom. The van der Waals surface area contributed by atoms with Crippen molar-refractivity contribution in [1.82, 2.24) is 14.9 Å². The number of carbonyl (C=O) groups is 2. The van der Waals surface area contributed by atoms with Crippen LogP contribution in [0, 0.1) is 5.82 Å². The fraction of sp³-hybridized carbons (Fsp3) is 0.333. The third-order valence-electron chi connectivity index (χ3n) is 5.53. The van der Waals surface area contributed by atoms with Gasteiger partial charge in [-0.1, -0.05) is 11.6 Å². The number of benzene rings is 1. The Morgan fingerprint density at radius 3 is 2.76 bits per heavy atom. The van der Waals surface area contributed by atoms with Crippen LogP contribution in [0.5, 0.6) is 5.75 Å². The lowest BCUT2D eigenvalue weighted by Gasteiger charge is -2.24. The second kappa shape index (κ2) is 11.2. The number of nitrogens with one attached hydrogen (secondary N) is 2. The van der Waals surface area contributed by atoms with E-state index >= 15 is 0 Å². The van der Waals surface area contributed by atoms with Gasteiger partial charge in [-0.05, 0) is 51.1 Å². The third kappa shape index (κ3) is 6.69. The summed E-state index contributed by atoms with van der Waals surface area (Å²) in [6.45, 7) is 6.50. The molecule has 2 N–H and O–H groups in total. The summed E-state index contributed by atoms with van der Waals surface area (Å²) in [6, 6.07) is 7.73. The van der Waals surface area contributed by atoms with Gasteiger partial charge in [-0.15, -0.1) is 0 Å². The quantitative estimate of drug-likeness (QED) is 0.418. The fourth-order valence-corrected chi connectivity index (χ4v) is 3.92. The van der Waals surface area contributed by atoms with Crippen LogP contribution >= 0.6 is 11.6 Å². The predicted octanol–water partition coefficient (Wildman–Crippen LogP) is 5.60. The molecule has 1 aliphatic heterocycles. The number of anilines is 2. The standard InChI is InChI=1S/C27H29ClFN5O4/c1-27(2,3)38-26(36)34(4)9-7-23(35)32-18-11-16(14-30-15-18)19-13-22(20-12-17(28)5-6-21(20)29)33-25-24(19)37-10-8-31-25/h5-6,11-15H,7-10H2,1-4H3,(H,31,33)(H,32,35). The second-order valence-corrected chi connectivity index (χ2v) is 10.2. The van der Waals surface area contributed by atoms with Gasteiger partial charge in [0.25, 0.3) is 0 Å². The van der Waals surface area contributed by atoms with E-state index in [1.807, 2.05) is 0 Å². The maximum absolute atomic E-state index is 14.6. The van der Waals surface area contributed by atoms with Crippen molar-refractivity contribution in [3.8, 4) is 28.1 Å². The molecular formula is C27H29ClFN5O4. The summed E-state index contributed by atoms with van der Waals surface area (Å²) >= 11 is 6.11. The SMILES string of the molecule is CN(CCC(=O)Nc1cncc(-c2cc(-c3cc(Cl)ccc3F)nc3c2OCCN3)c1)C(=O)OC(C)(C)C. The van der Waals surface area contributed by atoms with Crippen molar-refractivity contribution in [3.05, 3.63) is 53.6 Å². The Bertz CT molecular complexity index is 1360. The fourth-order valence-electron chi connectivity index (χ4n) is 3.75. The van der Waals surface area contributed by atoms with E-state index in [2.05, 4.69) is 20.6 Å². The van der Waals surface area contributed by atoms with Crippen molar-refractivity contribution in [1.29, 1.82) is 0 Å².